The molecule has 3 heterocycles. The van der Waals surface area contributed by atoms with Gasteiger partial charge < -0.3 is 15.0 Å². The maximum Gasteiger partial charge on any atom is 0.153 e. The lowest BCUT2D eigenvalue weighted by Gasteiger charge is -2.47. The zero-order valence-electron chi connectivity index (χ0n) is 33.9. The van der Waals surface area contributed by atoms with Gasteiger partial charge in [-0.15, -0.1) is 0 Å². The lowest BCUT2D eigenvalue weighted by Crippen LogP contribution is -2.48. The van der Waals surface area contributed by atoms with Gasteiger partial charge in [0.15, 0.2) is 6.17 Å². The second kappa shape index (κ2) is 14.4. The number of anilines is 2. The topological polar surface area (TPSA) is 49.2 Å². The summed E-state index contributed by atoms with van der Waals surface area (Å²) in [4.78, 5) is 13.8. The summed E-state index contributed by atoms with van der Waals surface area (Å²) < 4.78 is 7.26. The summed E-state index contributed by atoms with van der Waals surface area (Å²) in [6.07, 6.45) is 33.8. The number of nitrogens with one attached hydrogen (secondary N) is 1. The maximum atomic E-state index is 7.26. The van der Waals surface area contributed by atoms with E-state index in [0.29, 0.717) is 11.8 Å². The van der Waals surface area contributed by atoms with Gasteiger partial charge in [0.1, 0.15) is 23.5 Å². The van der Waals surface area contributed by atoms with Crippen molar-refractivity contribution in [3.8, 4) is 5.75 Å². The zero-order valence-corrected chi connectivity index (χ0v) is 33.9. The van der Waals surface area contributed by atoms with Crippen molar-refractivity contribution >= 4 is 28.6 Å². The van der Waals surface area contributed by atoms with Crippen LogP contribution < -0.4 is 15.0 Å². The molecular weight excluding hydrogens is 709 g/mol. The summed E-state index contributed by atoms with van der Waals surface area (Å²) in [5, 5.41) is 3.75. The van der Waals surface area contributed by atoms with Gasteiger partial charge in [0, 0.05) is 45.3 Å². The molecule has 0 saturated heterocycles. The summed E-state index contributed by atoms with van der Waals surface area (Å²) in [6, 6.07) is 26.5. The monoisotopic (exact) mass is 762 g/mol. The van der Waals surface area contributed by atoms with E-state index in [9.17, 15) is 0 Å². The molecule has 0 amide bonds. The molecule has 5 aliphatic carbocycles. The Morgan fingerprint density at radius 3 is 2.48 bits per heavy atom. The van der Waals surface area contributed by atoms with E-state index < -0.39 is 0 Å². The number of benzene rings is 3. The molecular formula is C53H54N4O. The van der Waals surface area contributed by atoms with Gasteiger partial charge in [-0.05, 0) is 111 Å². The third-order valence-electron chi connectivity index (χ3n) is 14.5. The van der Waals surface area contributed by atoms with Gasteiger partial charge in [0.05, 0.1) is 6.04 Å². The molecule has 0 radical (unpaired) electrons. The molecule has 58 heavy (non-hydrogen) atoms. The molecule has 3 aliphatic heterocycles. The average Bonchev–Trinajstić information content (AvgIpc) is 3.83. The Labute approximate surface area is 344 Å². The standard InChI is InChI=1S/C53H54N4O/c1-34-17-12-13-24-39(34)37-29-30-43(53(2,33-37)52-55-50(35-18-6-3-7-19-35)54-51(56-52)36-20-8-4-9-21-36)40-26-16-27-42-48-46(58-49(40)42)32-31-45-47(48)41-25-14-15-28-44(41)57(45)38-22-10-5-11-23-38/h3,5-7,10-11,13-16,18-20,22-27,31-34,39,42-44,49,52H,4,8-9,12,17,21,28-30H2,1-2H3,(H,54,55,56)/t34?,39-,42?,43?,44?,49?,52?,53?/m1/s1. The normalized spacial score (nSPS) is 31.9. The Bertz CT molecular complexity index is 2410. The molecule has 8 atom stereocenters. The first kappa shape index (κ1) is 35.7. The summed E-state index contributed by atoms with van der Waals surface area (Å²) >= 11 is 0. The Hall–Kier alpha value is -5.42. The highest BCUT2D eigenvalue weighted by Gasteiger charge is 2.52. The van der Waals surface area contributed by atoms with Crippen molar-refractivity contribution in [2.75, 3.05) is 4.90 Å². The molecule has 11 rings (SSSR count). The predicted molar refractivity (Wildman–Crippen MR) is 239 cm³/mol. The zero-order chi connectivity index (χ0) is 38.8. The van der Waals surface area contributed by atoms with Crippen LogP contribution in [0.25, 0.3) is 5.57 Å². The molecule has 3 aromatic rings. The molecule has 7 unspecified atom stereocenters. The van der Waals surface area contributed by atoms with Crippen LogP contribution in [-0.2, 0) is 0 Å². The van der Waals surface area contributed by atoms with Crippen LogP contribution in [0.2, 0.25) is 0 Å². The summed E-state index contributed by atoms with van der Waals surface area (Å²) in [6.45, 7) is 4.92. The van der Waals surface area contributed by atoms with Gasteiger partial charge in [-0.25, -0.2) is 9.98 Å². The van der Waals surface area contributed by atoms with E-state index in [1.165, 1.54) is 64.9 Å². The third-order valence-corrected chi connectivity index (χ3v) is 14.5. The van der Waals surface area contributed by atoms with Gasteiger partial charge in [-0.3, -0.25) is 0 Å². The molecule has 0 saturated carbocycles. The van der Waals surface area contributed by atoms with Crippen LogP contribution in [0.4, 0.5) is 11.4 Å². The largest absolute Gasteiger partial charge is 0.485 e. The highest BCUT2D eigenvalue weighted by Crippen LogP contribution is 2.59. The Morgan fingerprint density at radius 2 is 1.66 bits per heavy atom. The number of amidine groups is 2. The quantitative estimate of drug-likeness (QED) is 0.254. The Morgan fingerprint density at radius 1 is 0.810 bits per heavy atom. The van der Waals surface area contributed by atoms with Gasteiger partial charge in [-0.2, -0.15) is 0 Å². The second-order valence-electron chi connectivity index (χ2n) is 18.0. The number of fused-ring (bicyclic) bond motifs is 7. The number of para-hydroxylation sites is 1. The van der Waals surface area contributed by atoms with Crippen LogP contribution in [0.5, 0.6) is 5.75 Å². The fourth-order valence-electron chi connectivity index (χ4n) is 11.6. The molecule has 292 valence electrons. The minimum Gasteiger partial charge on any atom is -0.485 e. The molecule has 3 aromatic carbocycles. The molecule has 0 bridgehead atoms. The molecule has 1 N–H and O–H groups in total. The van der Waals surface area contributed by atoms with Crippen LogP contribution in [0.1, 0.15) is 94.2 Å². The minimum atomic E-state index is -0.380. The molecule has 0 spiro atoms. The van der Waals surface area contributed by atoms with E-state index in [2.05, 4.69) is 158 Å². The van der Waals surface area contributed by atoms with Crippen molar-refractivity contribution in [1.29, 1.82) is 0 Å². The van der Waals surface area contributed by atoms with Crippen molar-refractivity contribution in [1.82, 2.24) is 5.32 Å². The highest BCUT2D eigenvalue weighted by atomic mass is 16.5. The van der Waals surface area contributed by atoms with E-state index in [-0.39, 0.29) is 35.6 Å². The van der Waals surface area contributed by atoms with Crippen LogP contribution in [0.15, 0.2) is 160 Å². The number of aliphatic imine (C=N–C) groups is 2. The van der Waals surface area contributed by atoms with Gasteiger partial charge >= 0.3 is 0 Å². The van der Waals surface area contributed by atoms with E-state index in [4.69, 9.17) is 14.7 Å². The summed E-state index contributed by atoms with van der Waals surface area (Å²) in [5.41, 5.74) is 11.7. The van der Waals surface area contributed by atoms with Crippen molar-refractivity contribution in [3.05, 3.63) is 167 Å². The molecule has 0 aromatic heterocycles. The van der Waals surface area contributed by atoms with Crippen LogP contribution in [0, 0.1) is 23.2 Å². The van der Waals surface area contributed by atoms with E-state index >= 15 is 0 Å². The first-order valence-corrected chi connectivity index (χ1v) is 22.0. The van der Waals surface area contributed by atoms with Crippen LogP contribution >= 0.6 is 0 Å². The number of hydrogen-bond donors (Lipinski definition) is 1. The van der Waals surface area contributed by atoms with Crippen molar-refractivity contribution in [2.24, 2.45) is 33.2 Å². The number of allylic oxidation sites excluding steroid dienone is 8. The van der Waals surface area contributed by atoms with Gasteiger partial charge in [-0.1, -0.05) is 129 Å². The number of nitrogens with zero attached hydrogens (tertiary/aromatic N) is 3. The SMILES string of the molecule is CC1CCC=C[C@H]1C1=CC(C)(C2N=C(C3=CCCCC3)NC(c3ccccc3)=N2)C(C2=CC=CC3c4c(ccc5c4C4=CC=CCC4N5c4ccccc4)OC23)CC1. The fraction of sp³-hybridized carbons (Fsp3) is 0.358. The first-order chi connectivity index (χ1) is 28.5. The maximum absolute atomic E-state index is 7.26. The second-order valence-corrected chi connectivity index (χ2v) is 18.0. The third kappa shape index (κ3) is 5.87. The smallest absolute Gasteiger partial charge is 0.153 e. The van der Waals surface area contributed by atoms with Gasteiger partial charge in [0.25, 0.3) is 0 Å². The number of ether oxygens (including phenoxy) is 1. The summed E-state index contributed by atoms with van der Waals surface area (Å²) in [5.74, 6) is 4.37. The lowest BCUT2D eigenvalue weighted by atomic mass is 9.60. The van der Waals surface area contributed by atoms with E-state index in [1.54, 1.807) is 5.57 Å². The van der Waals surface area contributed by atoms with Crippen molar-refractivity contribution < 1.29 is 4.74 Å². The van der Waals surface area contributed by atoms with Crippen molar-refractivity contribution in [2.45, 2.75) is 95.9 Å². The molecule has 8 aliphatic rings. The Balaban J connectivity index is 1.02. The van der Waals surface area contributed by atoms with Crippen molar-refractivity contribution in [3.63, 3.8) is 0 Å². The van der Waals surface area contributed by atoms with Crippen LogP contribution in [0.3, 0.4) is 0 Å². The van der Waals surface area contributed by atoms with E-state index in [0.717, 1.165) is 55.1 Å². The lowest BCUT2D eigenvalue weighted by molar-refractivity contribution is 0.162. The molecule has 5 nitrogen and oxygen atoms in total. The fourth-order valence-corrected chi connectivity index (χ4v) is 11.6. The highest BCUT2D eigenvalue weighted by molar-refractivity contribution is 6.15. The van der Waals surface area contributed by atoms with Gasteiger partial charge in [0.2, 0.25) is 0 Å². The first-order valence-electron chi connectivity index (χ1n) is 22.0. The minimum absolute atomic E-state index is 0.0768. The Kier molecular flexibility index (Phi) is 8.90. The molecule has 0 fully saturated rings. The number of rotatable bonds is 6. The molecule has 5 heteroatoms. The van der Waals surface area contributed by atoms with Crippen LogP contribution in [-0.4, -0.2) is 30.0 Å². The summed E-state index contributed by atoms with van der Waals surface area (Å²) in [7, 11) is 0. The average molecular weight is 763 g/mol. The number of hydrogen-bond acceptors (Lipinski definition) is 5. The van der Waals surface area contributed by atoms with E-state index in [1.807, 2.05) is 0 Å². The predicted octanol–water partition coefficient (Wildman–Crippen LogP) is 12.1.